The molecule has 0 unspecified atom stereocenters. The highest BCUT2D eigenvalue weighted by molar-refractivity contribution is 6.61. The molecule has 0 atom stereocenters. The van der Waals surface area contributed by atoms with Crippen LogP contribution in [0, 0.1) is 0 Å². The highest BCUT2D eigenvalue weighted by Crippen LogP contribution is 2.20. The van der Waals surface area contributed by atoms with Crippen molar-refractivity contribution in [1.29, 1.82) is 0 Å². The number of nitrogens with zero attached hydrogens (tertiary/aromatic N) is 1. The topological polar surface area (TPSA) is 82.5 Å². The summed E-state index contributed by atoms with van der Waals surface area (Å²) in [6.45, 7) is 0. The van der Waals surface area contributed by atoms with E-state index < -0.39 is 11.3 Å². The van der Waals surface area contributed by atoms with Crippen LogP contribution in [0.2, 0.25) is 0 Å². The fourth-order valence-electron chi connectivity index (χ4n) is 1.06. The minimum Gasteiger partial charge on any atom is -0.415 e. The van der Waals surface area contributed by atoms with Gasteiger partial charge in [0, 0.05) is 17.2 Å². The average Bonchev–Trinajstić information content (AvgIpc) is 2.65. The number of benzene rings is 1. The van der Waals surface area contributed by atoms with Crippen molar-refractivity contribution in [3.05, 3.63) is 34.9 Å². The first kappa shape index (κ1) is 10.4. The number of aromatic nitrogens is 1. The zero-order chi connectivity index (χ0) is 11.5. The van der Waals surface area contributed by atoms with E-state index in [0.717, 1.165) is 0 Å². The standard InChI is InChI=1S/C9H4ClNO5/c10-8(12)14-6-3-1-5(2-4-6)7-11-16-9(13)15-7/h1-4H. The molecule has 1 aromatic heterocycles. The summed E-state index contributed by atoms with van der Waals surface area (Å²) in [5.41, 5.74) is -0.416. The first-order chi connectivity index (χ1) is 7.65. The Hall–Kier alpha value is -2.08. The van der Waals surface area contributed by atoms with Gasteiger partial charge < -0.3 is 9.15 Å². The van der Waals surface area contributed by atoms with Crippen molar-refractivity contribution >= 4 is 17.0 Å². The molecule has 2 aromatic rings. The molecule has 0 aliphatic carbocycles. The van der Waals surface area contributed by atoms with Crippen LogP contribution in [-0.2, 0) is 0 Å². The van der Waals surface area contributed by atoms with Gasteiger partial charge in [-0.3, -0.25) is 4.52 Å². The zero-order valence-corrected chi connectivity index (χ0v) is 8.43. The maximum absolute atomic E-state index is 10.6. The first-order valence-electron chi connectivity index (χ1n) is 4.10. The smallest absolute Gasteiger partial charge is 0.415 e. The summed E-state index contributed by atoms with van der Waals surface area (Å²) in [4.78, 5) is 21.0. The number of hydrogen-bond donors (Lipinski definition) is 0. The lowest BCUT2D eigenvalue weighted by Crippen LogP contribution is -1.95. The predicted octanol–water partition coefficient (Wildman–Crippen LogP) is 2.03. The van der Waals surface area contributed by atoms with E-state index in [4.69, 9.17) is 11.6 Å². The normalized spacial score (nSPS) is 10.1. The van der Waals surface area contributed by atoms with Crippen LogP contribution < -0.4 is 10.6 Å². The summed E-state index contributed by atoms with van der Waals surface area (Å²) in [7, 11) is 0. The lowest BCUT2D eigenvalue weighted by molar-refractivity contribution is 0.225. The SMILES string of the molecule is O=C(Cl)Oc1ccc(-c2noc(=O)o2)cc1. The van der Waals surface area contributed by atoms with Crippen LogP contribution in [0.5, 0.6) is 5.75 Å². The van der Waals surface area contributed by atoms with Gasteiger partial charge in [0.1, 0.15) is 5.75 Å². The largest absolute Gasteiger partial charge is 0.542 e. The monoisotopic (exact) mass is 241 g/mol. The Morgan fingerprint density at radius 1 is 1.31 bits per heavy atom. The Morgan fingerprint density at radius 3 is 2.50 bits per heavy atom. The Balaban J connectivity index is 2.25. The molecule has 0 bridgehead atoms. The lowest BCUT2D eigenvalue weighted by Gasteiger charge is -1.99. The molecule has 0 fully saturated rings. The summed E-state index contributed by atoms with van der Waals surface area (Å²) in [6.07, 6.45) is 0. The molecule has 0 spiro atoms. The summed E-state index contributed by atoms with van der Waals surface area (Å²) in [5, 5.41) is 3.39. The third-order valence-corrected chi connectivity index (χ3v) is 1.76. The molecule has 7 heteroatoms. The van der Waals surface area contributed by atoms with E-state index in [9.17, 15) is 9.59 Å². The molecule has 2 rings (SSSR count). The van der Waals surface area contributed by atoms with Crippen molar-refractivity contribution < 1.29 is 18.5 Å². The molecule has 1 aromatic carbocycles. The Kier molecular flexibility index (Phi) is 2.74. The molecule has 0 amide bonds. The number of ether oxygens (including phenoxy) is 1. The maximum Gasteiger partial charge on any atom is 0.542 e. The third-order valence-electron chi connectivity index (χ3n) is 1.68. The minimum atomic E-state index is -0.930. The van der Waals surface area contributed by atoms with E-state index in [1.165, 1.54) is 24.3 Å². The fourth-order valence-corrected chi connectivity index (χ4v) is 1.15. The van der Waals surface area contributed by atoms with Crippen molar-refractivity contribution in [2.45, 2.75) is 0 Å². The van der Waals surface area contributed by atoms with Crippen molar-refractivity contribution in [3.63, 3.8) is 0 Å². The van der Waals surface area contributed by atoms with Gasteiger partial charge in [-0.25, -0.2) is 9.59 Å². The second kappa shape index (κ2) is 4.19. The second-order valence-electron chi connectivity index (χ2n) is 2.70. The highest BCUT2D eigenvalue weighted by Gasteiger charge is 2.07. The number of rotatable bonds is 2. The van der Waals surface area contributed by atoms with E-state index in [2.05, 4.69) is 18.8 Å². The van der Waals surface area contributed by atoms with Gasteiger partial charge in [-0.2, -0.15) is 0 Å². The van der Waals surface area contributed by atoms with Gasteiger partial charge in [0.25, 0.3) is 5.89 Å². The van der Waals surface area contributed by atoms with Crippen LogP contribution in [0.3, 0.4) is 0 Å². The van der Waals surface area contributed by atoms with E-state index >= 15 is 0 Å². The number of halogens is 1. The van der Waals surface area contributed by atoms with E-state index in [1.807, 2.05) is 0 Å². The lowest BCUT2D eigenvalue weighted by atomic mass is 10.2. The van der Waals surface area contributed by atoms with Crippen molar-refractivity contribution in [2.75, 3.05) is 0 Å². The third kappa shape index (κ3) is 2.29. The zero-order valence-electron chi connectivity index (χ0n) is 7.68. The van der Waals surface area contributed by atoms with Crippen molar-refractivity contribution in [1.82, 2.24) is 5.16 Å². The Labute approximate surface area is 93.4 Å². The first-order valence-corrected chi connectivity index (χ1v) is 4.47. The quantitative estimate of drug-likeness (QED) is 0.748. The number of carbonyl (C=O) groups excluding carboxylic acids is 1. The predicted molar refractivity (Wildman–Crippen MR) is 52.4 cm³/mol. The van der Waals surface area contributed by atoms with Crippen LogP contribution in [0.25, 0.3) is 11.5 Å². The minimum absolute atomic E-state index is 0.0498. The van der Waals surface area contributed by atoms with Crippen molar-refractivity contribution in [3.8, 4) is 17.2 Å². The maximum atomic E-state index is 10.6. The highest BCUT2D eigenvalue weighted by atomic mass is 35.5. The molecule has 82 valence electrons. The summed E-state index contributed by atoms with van der Waals surface area (Å²) < 4.78 is 13.5. The van der Waals surface area contributed by atoms with Gasteiger partial charge in [0.15, 0.2) is 0 Å². The van der Waals surface area contributed by atoms with E-state index in [1.54, 1.807) is 0 Å². The molecular weight excluding hydrogens is 238 g/mol. The van der Waals surface area contributed by atoms with Gasteiger partial charge >= 0.3 is 11.3 Å². The molecule has 0 aliphatic rings. The van der Waals surface area contributed by atoms with Gasteiger partial charge in [0.2, 0.25) is 0 Å². The molecular formula is C9H4ClNO5. The summed E-state index contributed by atoms with van der Waals surface area (Å²) in [5.74, 6) is -0.561. The second-order valence-corrected chi connectivity index (χ2v) is 3.01. The van der Waals surface area contributed by atoms with Gasteiger partial charge in [-0.15, -0.1) is 0 Å². The average molecular weight is 242 g/mol. The Morgan fingerprint density at radius 2 is 2.00 bits per heavy atom. The van der Waals surface area contributed by atoms with Crippen LogP contribution in [0.1, 0.15) is 0 Å². The molecule has 0 radical (unpaired) electrons. The van der Waals surface area contributed by atoms with Crippen LogP contribution >= 0.6 is 11.6 Å². The molecule has 6 nitrogen and oxygen atoms in total. The number of hydrogen-bond acceptors (Lipinski definition) is 6. The molecule has 0 aliphatic heterocycles. The molecule has 1 heterocycles. The van der Waals surface area contributed by atoms with Crippen LogP contribution in [-0.4, -0.2) is 10.6 Å². The van der Waals surface area contributed by atoms with Crippen molar-refractivity contribution in [2.24, 2.45) is 0 Å². The van der Waals surface area contributed by atoms with Gasteiger partial charge in [0.05, 0.1) is 0 Å². The van der Waals surface area contributed by atoms with E-state index in [-0.39, 0.29) is 11.6 Å². The van der Waals surface area contributed by atoms with Gasteiger partial charge in [-0.1, -0.05) is 0 Å². The molecule has 16 heavy (non-hydrogen) atoms. The van der Waals surface area contributed by atoms with Crippen LogP contribution in [0.4, 0.5) is 4.79 Å². The van der Waals surface area contributed by atoms with Gasteiger partial charge in [-0.05, 0) is 29.4 Å². The summed E-state index contributed by atoms with van der Waals surface area (Å²) in [6, 6.07) is 6.03. The summed E-state index contributed by atoms with van der Waals surface area (Å²) >= 11 is 5.02. The van der Waals surface area contributed by atoms with E-state index in [0.29, 0.717) is 5.56 Å². The number of carbonyl (C=O) groups is 1. The van der Waals surface area contributed by atoms with Crippen LogP contribution in [0.15, 0.2) is 38.0 Å². The molecule has 0 saturated carbocycles. The fraction of sp³-hybridized carbons (Fsp3) is 0. The Bertz CT molecular complexity index is 556. The molecule has 0 N–H and O–H groups in total. The molecule has 0 saturated heterocycles.